The van der Waals surface area contributed by atoms with Gasteiger partial charge in [0.15, 0.2) is 0 Å². The molecule has 0 atom stereocenters. The fourth-order valence-corrected chi connectivity index (χ4v) is 1.39. The topological polar surface area (TPSA) is 38.9 Å². The van der Waals surface area contributed by atoms with Crippen molar-refractivity contribution in [3.05, 3.63) is 32.9 Å². The Morgan fingerprint density at radius 1 is 1.36 bits per heavy atom. The zero-order valence-corrected chi connectivity index (χ0v) is 9.58. The van der Waals surface area contributed by atoms with Gasteiger partial charge in [-0.05, 0) is 18.2 Å². The second-order valence-electron chi connectivity index (χ2n) is 2.49. The van der Waals surface area contributed by atoms with Crippen LogP contribution in [0.25, 0.3) is 11.5 Å². The second kappa shape index (κ2) is 3.82. The minimum atomic E-state index is -0.502. The highest BCUT2D eigenvalue weighted by atomic mass is 127. The van der Waals surface area contributed by atoms with E-state index in [4.69, 9.17) is 16.0 Å². The summed E-state index contributed by atoms with van der Waals surface area (Å²) >= 11 is 7.41. The van der Waals surface area contributed by atoms with Crippen LogP contribution in [0.3, 0.4) is 0 Å². The van der Waals surface area contributed by atoms with Crippen LogP contribution in [0.2, 0.25) is 5.02 Å². The zero-order chi connectivity index (χ0) is 10.1. The van der Waals surface area contributed by atoms with Crippen LogP contribution in [-0.4, -0.2) is 10.2 Å². The normalized spacial score (nSPS) is 10.5. The molecule has 2 rings (SSSR count). The molecule has 2 aromatic rings. The van der Waals surface area contributed by atoms with Crippen molar-refractivity contribution in [1.29, 1.82) is 0 Å². The maximum Gasteiger partial charge on any atom is 0.278 e. The van der Waals surface area contributed by atoms with Gasteiger partial charge in [-0.2, -0.15) is 0 Å². The summed E-state index contributed by atoms with van der Waals surface area (Å²) in [6.45, 7) is 0. The Kier molecular flexibility index (Phi) is 2.69. The van der Waals surface area contributed by atoms with E-state index in [-0.39, 0.29) is 10.9 Å². The molecule has 0 radical (unpaired) electrons. The van der Waals surface area contributed by atoms with E-state index in [1.165, 1.54) is 12.1 Å². The highest BCUT2D eigenvalue weighted by molar-refractivity contribution is 14.1. The standard InChI is InChI=1S/C8H3ClFIN2O/c9-5-2-1-4(3-6(5)10)7-12-13-8(11)14-7/h1-3H. The van der Waals surface area contributed by atoms with Gasteiger partial charge in [0, 0.05) is 28.2 Å². The molecule has 0 saturated heterocycles. The van der Waals surface area contributed by atoms with Crippen molar-refractivity contribution < 1.29 is 8.81 Å². The molecular formula is C8H3ClFIN2O. The van der Waals surface area contributed by atoms with Gasteiger partial charge in [-0.3, -0.25) is 0 Å². The van der Waals surface area contributed by atoms with Crippen LogP contribution in [0.5, 0.6) is 0 Å². The van der Waals surface area contributed by atoms with E-state index in [2.05, 4.69) is 10.2 Å². The second-order valence-corrected chi connectivity index (χ2v) is 3.82. The summed E-state index contributed by atoms with van der Waals surface area (Å²) < 4.78 is 18.6. The molecule has 0 aliphatic rings. The Morgan fingerprint density at radius 2 is 2.14 bits per heavy atom. The molecule has 1 heterocycles. The quantitative estimate of drug-likeness (QED) is 0.757. The Balaban J connectivity index is 2.47. The maximum absolute atomic E-state index is 13.0. The van der Waals surface area contributed by atoms with Gasteiger partial charge in [-0.25, -0.2) is 4.39 Å². The molecule has 0 unspecified atom stereocenters. The molecule has 14 heavy (non-hydrogen) atoms. The van der Waals surface area contributed by atoms with Gasteiger partial charge in [-0.1, -0.05) is 11.6 Å². The molecule has 0 aliphatic carbocycles. The predicted molar refractivity (Wildman–Crippen MR) is 57.4 cm³/mol. The summed E-state index contributed by atoms with van der Waals surface area (Å²) in [6, 6.07) is 4.32. The van der Waals surface area contributed by atoms with Crippen molar-refractivity contribution in [2.75, 3.05) is 0 Å². The highest BCUT2D eigenvalue weighted by Gasteiger charge is 2.08. The SMILES string of the molecule is Fc1cc(-c2nnc(I)o2)ccc1Cl. The van der Waals surface area contributed by atoms with Crippen molar-refractivity contribution >= 4 is 34.2 Å². The third-order valence-electron chi connectivity index (χ3n) is 1.57. The molecule has 1 aromatic carbocycles. The molecule has 0 bridgehead atoms. The van der Waals surface area contributed by atoms with E-state index in [0.29, 0.717) is 9.46 Å². The van der Waals surface area contributed by atoms with Crippen molar-refractivity contribution in [2.45, 2.75) is 0 Å². The zero-order valence-electron chi connectivity index (χ0n) is 6.67. The Morgan fingerprint density at radius 3 is 2.71 bits per heavy atom. The van der Waals surface area contributed by atoms with Crippen molar-refractivity contribution in [2.24, 2.45) is 0 Å². The lowest BCUT2D eigenvalue weighted by atomic mass is 10.2. The van der Waals surface area contributed by atoms with Crippen LogP contribution in [0.4, 0.5) is 4.39 Å². The predicted octanol–water partition coefficient (Wildman–Crippen LogP) is 3.13. The number of benzene rings is 1. The number of aromatic nitrogens is 2. The molecular weight excluding hydrogens is 321 g/mol. The molecule has 0 fully saturated rings. The first-order valence-electron chi connectivity index (χ1n) is 3.61. The number of rotatable bonds is 1. The summed E-state index contributed by atoms with van der Waals surface area (Å²) in [4.78, 5) is 0. The number of hydrogen-bond donors (Lipinski definition) is 0. The number of hydrogen-bond acceptors (Lipinski definition) is 3. The van der Waals surface area contributed by atoms with Crippen LogP contribution in [0.15, 0.2) is 22.6 Å². The summed E-state index contributed by atoms with van der Waals surface area (Å²) in [5.41, 5.74) is 0.516. The first-order chi connectivity index (χ1) is 6.66. The van der Waals surface area contributed by atoms with Gasteiger partial charge in [0.05, 0.1) is 5.02 Å². The van der Waals surface area contributed by atoms with E-state index in [9.17, 15) is 4.39 Å². The summed E-state index contributed by atoms with van der Waals surface area (Å²) in [7, 11) is 0. The van der Waals surface area contributed by atoms with E-state index in [1.807, 2.05) is 22.6 Å². The minimum Gasteiger partial charge on any atom is -0.412 e. The lowest BCUT2D eigenvalue weighted by Crippen LogP contribution is -1.81. The van der Waals surface area contributed by atoms with Crippen LogP contribution in [0.1, 0.15) is 0 Å². The van der Waals surface area contributed by atoms with Gasteiger partial charge in [0.2, 0.25) is 5.89 Å². The number of nitrogens with zero attached hydrogens (tertiary/aromatic N) is 2. The Labute approximate surface area is 97.4 Å². The van der Waals surface area contributed by atoms with Gasteiger partial charge < -0.3 is 4.42 Å². The Bertz CT molecular complexity index is 474. The molecule has 0 N–H and O–H groups in total. The third-order valence-corrected chi connectivity index (χ3v) is 2.31. The summed E-state index contributed by atoms with van der Waals surface area (Å²) in [5, 5.41) is 7.45. The van der Waals surface area contributed by atoms with Crippen LogP contribution < -0.4 is 0 Å². The summed E-state index contributed by atoms with van der Waals surface area (Å²) in [5.74, 6) is -0.220. The van der Waals surface area contributed by atoms with E-state index in [1.54, 1.807) is 6.07 Å². The first-order valence-corrected chi connectivity index (χ1v) is 5.07. The van der Waals surface area contributed by atoms with Crippen molar-refractivity contribution in [3.8, 4) is 11.5 Å². The van der Waals surface area contributed by atoms with Crippen LogP contribution in [-0.2, 0) is 0 Å². The largest absolute Gasteiger partial charge is 0.412 e. The molecule has 0 aliphatic heterocycles. The third kappa shape index (κ3) is 1.88. The smallest absolute Gasteiger partial charge is 0.278 e. The molecule has 6 heteroatoms. The average Bonchev–Trinajstić information content (AvgIpc) is 2.57. The van der Waals surface area contributed by atoms with Gasteiger partial charge in [0.1, 0.15) is 5.82 Å². The van der Waals surface area contributed by atoms with Crippen LogP contribution in [0, 0.1) is 9.71 Å². The molecule has 0 saturated carbocycles. The average molecular weight is 324 g/mol. The molecule has 72 valence electrons. The van der Waals surface area contributed by atoms with Gasteiger partial charge >= 0.3 is 0 Å². The Hall–Kier alpha value is -0.690. The van der Waals surface area contributed by atoms with Crippen molar-refractivity contribution in [1.82, 2.24) is 10.2 Å². The van der Waals surface area contributed by atoms with Gasteiger partial charge in [0.25, 0.3) is 3.90 Å². The lowest BCUT2D eigenvalue weighted by Gasteiger charge is -1.96. The monoisotopic (exact) mass is 324 g/mol. The maximum atomic E-state index is 13.0. The fourth-order valence-electron chi connectivity index (χ4n) is 0.951. The first kappa shape index (κ1) is 9.85. The molecule has 0 amide bonds. The summed E-state index contributed by atoms with van der Waals surface area (Å²) in [6.07, 6.45) is 0. The van der Waals surface area contributed by atoms with Crippen LogP contribution >= 0.6 is 34.2 Å². The highest BCUT2D eigenvalue weighted by Crippen LogP contribution is 2.23. The van der Waals surface area contributed by atoms with E-state index >= 15 is 0 Å². The molecule has 0 spiro atoms. The minimum absolute atomic E-state index is 0.0722. The number of halogens is 3. The molecule has 1 aromatic heterocycles. The van der Waals surface area contributed by atoms with E-state index < -0.39 is 5.82 Å². The fraction of sp³-hybridized carbons (Fsp3) is 0. The van der Waals surface area contributed by atoms with Gasteiger partial charge in [-0.15, -0.1) is 10.2 Å². The molecule has 3 nitrogen and oxygen atoms in total. The van der Waals surface area contributed by atoms with E-state index in [0.717, 1.165) is 0 Å². The van der Waals surface area contributed by atoms with Crippen molar-refractivity contribution in [3.63, 3.8) is 0 Å². The lowest BCUT2D eigenvalue weighted by molar-refractivity contribution is 0.536.